The second kappa shape index (κ2) is 6.15. The third-order valence-corrected chi connectivity index (χ3v) is 1.82. The summed E-state index contributed by atoms with van der Waals surface area (Å²) in [6.45, 7) is 5.45. The Bertz CT molecular complexity index is 227. The molecule has 0 aromatic rings. The van der Waals surface area contributed by atoms with Gasteiger partial charge in [-0.1, -0.05) is 19.9 Å². The Balaban J connectivity index is 4.41. The van der Waals surface area contributed by atoms with Crippen molar-refractivity contribution in [3.05, 3.63) is 12.2 Å². The molecule has 0 aliphatic rings. The van der Waals surface area contributed by atoms with Crippen LogP contribution in [-0.2, 0) is 9.59 Å². The summed E-state index contributed by atoms with van der Waals surface area (Å²) >= 11 is 0. The molecule has 0 radical (unpaired) electrons. The predicted molar refractivity (Wildman–Crippen MR) is 50.7 cm³/mol. The fourth-order valence-electron chi connectivity index (χ4n) is 1.08. The third-order valence-electron chi connectivity index (χ3n) is 1.82. The molecule has 0 rings (SSSR count). The number of amides is 1. The number of rotatable bonds is 7. The van der Waals surface area contributed by atoms with Crippen molar-refractivity contribution in [2.75, 3.05) is 0 Å². The molecule has 3 N–H and O–H groups in total. The number of carbonyl (C=O) groups is 2. The molecule has 1 amide bonds. The van der Waals surface area contributed by atoms with E-state index in [-0.39, 0.29) is 6.41 Å². The molecule has 5 nitrogen and oxygen atoms in total. The monoisotopic (exact) mass is 201 g/mol. The van der Waals surface area contributed by atoms with Gasteiger partial charge < -0.3 is 15.5 Å². The van der Waals surface area contributed by atoms with Crippen LogP contribution in [0.15, 0.2) is 12.2 Å². The van der Waals surface area contributed by atoms with E-state index in [4.69, 9.17) is 5.11 Å². The highest BCUT2D eigenvalue weighted by atomic mass is 16.4. The van der Waals surface area contributed by atoms with Crippen LogP contribution >= 0.6 is 0 Å². The van der Waals surface area contributed by atoms with E-state index in [9.17, 15) is 14.7 Å². The molecule has 0 fully saturated rings. The number of carbonyl (C=O) groups excluding carboxylic acids is 1. The van der Waals surface area contributed by atoms with Crippen LogP contribution in [0.1, 0.15) is 19.8 Å². The Morgan fingerprint density at radius 2 is 2.21 bits per heavy atom. The zero-order chi connectivity index (χ0) is 11.1. The number of carboxylic acids is 1. The van der Waals surface area contributed by atoms with E-state index in [0.29, 0.717) is 12.0 Å². The lowest BCUT2D eigenvalue weighted by atomic mass is 10.0. The summed E-state index contributed by atoms with van der Waals surface area (Å²) < 4.78 is 0. The van der Waals surface area contributed by atoms with Gasteiger partial charge in [-0.2, -0.15) is 0 Å². The fourth-order valence-corrected chi connectivity index (χ4v) is 1.08. The van der Waals surface area contributed by atoms with Crippen LogP contribution in [0, 0.1) is 0 Å². The van der Waals surface area contributed by atoms with E-state index < -0.39 is 18.1 Å². The van der Waals surface area contributed by atoms with E-state index >= 15 is 0 Å². The van der Waals surface area contributed by atoms with Gasteiger partial charge in [0, 0.05) is 0 Å². The lowest BCUT2D eigenvalue weighted by molar-refractivity contribution is -0.143. The maximum Gasteiger partial charge on any atom is 0.329 e. The molecule has 0 saturated carbocycles. The van der Waals surface area contributed by atoms with Gasteiger partial charge in [0.05, 0.1) is 0 Å². The second-order valence-corrected chi connectivity index (χ2v) is 2.95. The summed E-state index contributed by atoms with van der Waals surface area (Å²) in [6.07, 6.45) is 0.313. The third kappa shape index (κ3) is 3.57. The number of carboxylic acid groups (broad SMARTS) is 1. The van der Waals surface area contributed by atoms with Crippen LogP contribution in [-0.4, -0.2) is 34.7 Å². The van der Waals surface area contributed by atoms with Gasteiger partial charge in [0.2, 0.25) is 6.41 Å². The van der Waals surface area contributed by atoms with Crippen molar-refractivity contribution in [2.24, 2.45) is 0 Å². The maximum absolute atomic E-state index is 10.6. The van der Waals surface area contributed by atoms with E-state index in [0.717, 1.165) is 6.42 Å². The number of hydrogen-bond acceptors (Lipinski definition) is 3. The first-order chi connectivity index (χ1) is 6.54. The summed E-state index contributed by atoms with van der Waals surface area (Å²) in [7, 11) is 0. The van der Waals surface area contributed by atoms with Gasteiger partial charge in [0.15, 0.2) is 6.04 Å². The van der Waals surface area contributed by atoms with Crippen LogP contribution in [0.25, 0.3) is 0 Å². The molecule has 0 aromatic carbocycles. The van der Waals surface area contributed by atoms with E-state index in [1.165, 1.54) is 0 Å². The summed E-state index contributed by atoms with van der Waals surface area (Å²) in [6, 6.07) is -1.31. The highest BCUT2D eigenvalue weighted by Crippen LogP contribution is 2.11. The lowest BCUT2D eigenvalue weighted by Crippen LogP contribution is -2.46. The van der Waals surface area contributed by atoms with Gasteiger partial charge >= 0.3 is 5.97 Å². The fraction of sp³-hybridized carbons (Fsp3) is 0.556. The first-order valence-corrected chi connectivity index (χ1v) is 4.32. The Kier molecular flexibility index (Phi) is 5.55. The normalized spacial score (nSPS) is 14.1. The van der Waals surface area contributed by atoms with Crippen molar-refractivity contribution in [2.45, 2.75) is 31.9 Å². The zero-order valence-corrected chi connectivity index (χ0v) is 8.06. The van der Waals surface area contributed by atoms with Crippen molar-refractivity contribution in [1.82, 2.24) is 5.32 Å². The second-order valence-electron chi connectivity index (χ2n) is 2.95. The van der Waals surface area contributed by atoms with Crippen molar-refractivity contribution >= 4 is 12.4 Å². The number of nitrogens with one attached hydrogen (secondary N) is 1. The molecule has 0 aliphatic carbocycles. The SMILES string of the molecule is C=C(CCC)C(O)C(NC=O)C(=O)O. The van der Waals surface area contributed by atoms with Gasteiger partial charge in [0.1, 0.15) is 6.10 Å². The number of aliphatic hydroxyl groups excluding tert-OH is 1. The van der Waals surface area contributed by atoms with Crippen molar-refractivity contribution in [3.8, 4) is 0 Å². The van der Waals surface area contributed by atoms with Gasteiger partial charge in [-0.05, 0) is 12.0 Å². The van der Waals surface area contributed by atoms with Crippen molar-refractivity contribution in [3.63, 3.8) is 0 Å². The summed E-state index contributed by atoms with van der Waals surface area (Å²) in [5.41, 5.74) is 0.411. The molecular formula is C9H15NO4. The molecule has 0 saturated heterocycles. The molecule has 2 atom stereocenters. The molecular weight excluding hydrogens is 186 g/mol. The molecule has 14 heavy (non-hydrogen) atoms. The number of aliphatic hydroxyl groups is 1. The van der Waals surface area contributed by atoms with Crippen molar-refractivity contribution in [1.29, 1.82) is 0 Å². The molecule has 5 heteroatoms. The van der Waals surface area contributed by atoms with Crippen LogP contribution in [0.4, 0.5) is 0 Å². The first-order valence-electron chi connectivity index (χ1n) is 4.32. The van der Waals surface area contributed by atoms with Crippen LogP contribution in [0.3, 0.4) is 0 Å². The van der Waals surface area contributed by atoms with Crippen molar-refractivity contribution < 1.29 is 19.8 Å². The van der Waals surface area contributed by atoms with Gasteiger partial charge in [-0.15, -0.1) is 0 Å². The zero-order valence-electron chi connectivity index (χ0n) is 8.06. The maximum atomic E-state index is 10.6. The Hall–Kier alpha value is -1.36. The number of hydrogen-bond donors (Lipinski definition) is 3. The van der Waals surface area contributed by atoms with E-state index in [2.05, 4.69) is 6.58 Å². The topological polar surface area (TPSA) is 86.6 Å². The molecule has 0 spiro atoms. The van der Waals surface area contributed by atoms with E-state index in [1.807, 2.05) is 12.2 Å². The Labute approximate surface area is 82.4 Å². The summed E-state index contributed by atoms with van der Waals surface area (Å²) in [5.74, 6) is -1.28. The Morgan fingerprint density at radius 3 is 2.57 bits per heavy atom. The van der Waals surface area contributed by atoms with Gasteiger partial charge in [0.25, 0.3) is 0 Å². The minimum Gasteiger partial charge on any atom is -0.480 e. The summed E-state index contributed by atoms with van der Waals surface area (Å²) in [4.78, 5) is 20.7. The van der Waals surface area contributed by atoms with Gasteiger partial charge in [-0.3, -0.25) is 4.79 Å². The highest BCUT2D eigenvalue weighted by molar-refractivity contribution is 5.77. The Morgan fingerprint density at radius 1 is 1.64 bits per heavy atom. The average Bonchev–Trinajstić information content (AvgIpc) is 2.13. The average molecular weight is 201 g/mol. The standard InChI is InChI=1S/C9H15NO4/c1-3-4-6(2)8(12)7(9(13)14)10-5-11/h5,7-8,12H,2-4H2,1H3,(H,10,11)(H,13,14). The quantitative estimate of drug-likeness (QED) is 0.396. The van der Waals surface area contributed by atoms with Crippen LogP contribution < -0.4 is 5.32 Å². The van der Waals surface area contributed by atoms with Gasteiger partial charge in [-0.25, -0.2) is 4.79 Å². The first kappa shape index (κ1) is 12.6. The minimum atomic E-state index is -1.31. The van der Waals surface area contributed by atoms with Crippen LogP contribution in [0.5, 0.6) is 0 Å². The molecule has 0 aliphatic heterocycles. The minimum absolute atomic E-state index is 0.251. The smallest absolute Gasteiger partial charge is 0.329 e. The lowest BCUT2D eigenvalue weighted by Gasteiger charge is -2.19. The number of aliphatic carboxylic acids is 1. The molecule has 80 valence electrons. The van der Waals surface area contributed by atoms with E-state index in [1.54, 1.807) is 0 Å². The molecule has 0 heterocycles. The predicted octanol–water partition coefficient (Wildman–Crippen LogP) is -0.0972. The molecule has 2 unspecified atom stereocenters. The summed E-state index contributed by atoms with van der Waals surface area (Å²) in [5, 5.41) is 20.2. The van der Waals surface area contributed by atoms with Crippen LogP contribution in [0.2, 0.25) is 0 Å². The molecule has 0 bridgehead atoms. The highest BCUT2D eigenvalue weighted by Gasteiger charge is 2.27. The molecule has 0 aromatic heterocycles. The largest absolute Gasteiger partial charge is 0.480 e.